The number of nitrogens with one attached hydrogen (secondary N) is 2. The van der Waals surface area contributed by atoms with E-state index in [0.717, 1.165) is 13.0 Å². The molecule has 0 amide bonds. The molecule has 1 aromatic rings. The van der Waals surface area contributed by atoms with Crippen LogP contribution in [0.4, 0.5) is 11.9 Å². The number of nitrogens with zero attached hydrogens (tertiary/aromatic N) is 2. The quantitative estimate of drug-likeness (QED) is 0.457. The normalized spacial score (nSPS) is 10.8. The molecule has 0 unspecified atom stereocenters. The van der Waals surface area contributed by atoms with Crippen molar-refractivity contribution in [1.29, 1.82) is 0 Å². The second-order valence-corrected chi connectivity index (χ2v) is 2.33. The molecule has 0 fully saturated rings. The lowest BCUT2D eigenvalue weighted by atomic mass is 10.4. The van der Waals surface area contributed by atoms with E-state index in [1.807, 2.05) is 13.0 Å². The number of nitrogens with two attached hydrogens (primary N) is 1. The number of aromatic nitrogens is 3. The van der Waals surface area contributed by atoms with Gasteiger partial charge in [0.25, 0.3) is 0 Å². The monoisotopic (exact) mass is 167 g/mol. The van der Waals surface area contributed by atoms with Gasteiger partial charge in [0, 0.05) is 6.54 Å². The SMILES string of the molecule is C/C=C/CCNc1n[nH]c(N)n1. The topological polar surface area (TPSA) is 79.6 Å². The second-order valence-electron chi connectivity index (χ2n) is 2.33. The summed E-state index contributed by atoms with van der Waals surface area (Å²) < 4.78 is 0. The van der Waals surface area contributed by atoms with Crippen LogP contribution >= 0.6 is 0 Å². The Hall–Kier alpha value is -1.52. The van der Waals surface area contributed by atoms with Crippen molar-refractivity contribution in [2.75, 3.05) is 17.6 Å². The highest BCUT2D eigenvalue weighted by atomic mass is 15.3. The van der Waals surface area contributed by atoms with E-state index in [4.69, 9.17) is 5.73 Å². The smallest absolute Gasteiger partial charge is 0.243 e. The van der Waals surface area contributed by atoms with Crippen LogP contribution in [0.3, 0.4) is 0 Å². The molecule has 0 saturated heterocycles. The van der Waals surface area contributed by atoms with Crippen LogP contribution < -0.4 is 11.1 Å². The number of hydrogen-bond donors (Lipinski definition) is 3. The van der Waals surface area contributed by atoms with E-state index in [1.165, 1.54) is 0 Å². The van der Waals surface area contributed by atoms with Crippen molar-refractivity contribution in [3.05, 3.63) is 12.2 Å². The number of hydrogen-bond acceptors (Lipinski definition) is 4. The van der Waals surface area contributed by atoms with Gasteiger partial charge in [-0.3, -0.25) is 0 Å². The van der Waals surface area contributed by atoms with Crippen LogP contribution in [0, 0.1) is 0 Å². The van der Waals surface area contributed by atoms with Crippen molar-refractivity contribution in [2.24, 2.45) is 0 Å². The zero-order valence-electron chi connectivity index (χ0n) is 7.04. The molecule has 5 nitrogen and oxygen atoms in total. The molecule has 0 bridgehead atoms. The Labute approximate surface area is 71.1 Å². The van der Waals surface area contributed by atoms with E-state index in [-0.39, 0.29) is 0 Å². The minimum Gasteiger partial charge on any atom is -0.368 e. The number of nitrogen functional groups attached to an aromatic ring is 1. The maximum Gasteiger partial charge on any atom is 0.243 e. The van der Waals surface area contributed by atoms with Crippen LogP contribution in [0.15, 0.2) is 12.2 Å². The zero-order chi connectivity index (χ0) is 8.81. The summed E-state index contributed by atoms with van der Waals surface area (Å²) in [7, 11) is 0. The van der Waals surface area contributed by atoms with Crippen LogP contribution in [0.5, 0.6) is 0 Å². The van der Waals surface area contributed by atoms with Crippen molar-refractivity contribution in [3.8, 4) is 0 Å². The molecular formula is C7H13N5. The van der Waals surface area contributed by atoms with Gasteiger partial charge in [0.1, 0.15) is 0 Å². The Morgan fingerprint density at radius 3 is 3.08 bits per heavy atom. The summed E-state index contributed by atoms with van der Waals surface area (Å²) in [6.45, 7) is 2.81. The van der Waals surface area contributed by atoms with E-state index in [0.29, 0.717) is 11.9 Å². The summed E-state index contributed by atoms with van der Waals surface area (Å²) in [5, 5.41) is 9.38. The Bertz CT molecular complexity index is 252. The number of anilines is 2. The minimum atomic E-state index is 0.337. The summed E-state index contributed by atoms with van der Waals surface area (Å²) >= 11 is 0. The standard InChI is InChI=1S/C7H13N5/c1-2-3-4-5-9-7-10-6(8)11-12-7/h2-3H,4-5H2,1H3,(H4,8,9,10,11,12)/b3-2+. The Morgan fingerprint density at radius 2 is 2.50 bits per heavy atom. The van der Waals surface area contributed by atoms with Crippen molar-refractivity contribution in [2.45, 2.75) is 13.3 Å². The first-order valence-corrected chi connectivity index (χ1v) is 3.86. The number of H-pyrrole nitrogens is 1. The van der Waals surface area contributed by atoms with Gasteiger partial charge in [-0.15, -0.1) is 5.10 Å². The van der Waals surface area contributed by atoms with Gasteiger partial charge >= 0.3 is 0 Å². The molecule has 0 spiro atoms. The molecule has 66 valence electrons. The van der Waals surface area contributed by atoms with Gasteiger partial charge in [-0.25, -0.2) is 5.10 Å². The van der Waals surface area contributed by atoms with Gasteiger partial charge in [-0.2, -0.15) is 4.98 Å². The molecule has 0 saturated carbocycles. The third-order valence-electron chi connectivity index (χ3n) is 1.33. The molecule has 0 aliphatic rings. The van der Waals surface area contributed by atoms with Crippen molar-refractivity contribution < 1.29 is 0 Å². The summed E-state index contributed by atoms with van der Waals surface area (Å²) in [6, 6.07) is 0. The van der Waals surface area contributed by atoms with E-state index in [2.05, 4.69) is 26.6 Å². The van der Waals surface area contributed by atoms with Crippen molar-refractivity contribution >= 4 is 11.9 Å². The Morgan fingerprint density at radius 1 is 1.67 bits per heavy atom. The van der Waals surface area contributed by atoms with E-state index < -0.39 is 0 Å². The van der Waals surface area contributed by atoms with Gasteiger partial charge in [0.15, 0.2) is 0 Å². The highest BCUT2D eigenvalue weighted by Crippen LogP contribution is 1.98. The van der Waals surface area contributed by atoms with E-state index >= 15 is 0 Å². The Kier molecular flexibility index (Phi) is 3.13. The first kappa shape index (κ1) is 8.58. The Balaban J connectivity index is 2.24. The zero-order valence-corrected chi connectivity index (χ0v) is 7.04. The molecule has 1 aromatic heterocycles. The highest BCUT2D eigenvalue weighted by molar-refractivity contribution is 5.29. The summed E-state index contributed by atoms with van der Waals surface area (Å²) in [5.74, 6) is 0.889. The number of allylic oxidation sites excluding steroid dienone is 1. The molecule has 0 aliphatic carbocycles. The fraction of sp³-hybridized carbons (Fsp3) is 0.429. The molecule has 1 rings (SSSR count). The molecule has 0 atom stereocenters. The van der Waals surface area contributed by atoms with Gasteiger partial charge in [0.2, 0.25) is 11.9 Å². The molecule has 5 heteroatoms. The summed E-state index contributed by atoms with van der Waals surface area (Å²) in [6.07, 6.45) is 5.04. The van der Waals surface area contributed by atoms with Gasteiger partial charge in [-0.1, -0.05) is 12.2 Å². The third kappa shape index (κ3) is 2.61. The first-order chi connectivity index (χ1) is 5.83. The average molecular weight is 167 g/mol. The van der Waals surface area contributed by atoms with Crippen LogP contribution in [0.1, 0.15) is 13.3 Å². The number of aromatic amines is 1. The van der Waals surface area contributed by atoms with Gasteiger partial charge < -0.3 is 11.1 Å². The fourth-order valence-electron chi connectivity index (χ4n) is 0.787. The number of rotatable bonds is 4. The predicted molar refractivity (Wildman–Crippen MR) is 48.7 cm³/mol. The van der Waals surface area contributed by atoms with Crippen molar-refractivity contribution in [3.63, 3.8) is 0 Å². The van der Waals surface area contributed by atoms with Crippen LogP contribution in [-0.4, -0.2) is 21.7 Å². The lowest BCUT2D eigenvalue weighted by Crippen LogP contribution is -2.01. The third-order valence-corrected chi connectivity index (χ3v) is 1.33. The van der Waals surface area contributed by atoms with Crippen LogP contribution in [-0.2, 0) is 0 Å². The maximum atomic E-state index is 5.33. The van der Waals surface area contributed by atoms with E-state index in [9.17, 15) is 0 Å². The molecule has 0 aromatic carbocycles. The predicted octanol–water partition coefficient (Wildman–Crippen LogP) is 0.765. The maximum absolute atomic E-state index is 5.33. The molecule has 1 heterocycles. The lowest BCUT2D eigenvalue weighted by Gasteiger charge is -1.95. The first-order valence-electron chi connectivity index (χ1n) is 3.86. The highest BCUT2D eigenvalue weighted by Gasteiger charge is 1.95. The molecule has 0 radical (unpaired) electrons. The van der Waals surface area contributed by atoms with Gasteiger partial charge in [-0.05, 0) is 13.3 Å². The van der Waals surface area contributed by atoms with Crippen molar-refractivity contribution in [1.82, 2.24) is 15.2 Å². The molecule has 12 heavy (non-hydrogen) atoms. The summed E-state index contributed by atoms with van der Waals surface area (Å²) in [5.41, 5.74) is 5.33. The molecule has 0 aliphatic heterocycles. The molecule has 4 N–H and O–H groups in total. The van der Waals surface area contributed by atoms with Gasteiger partial charge in [0.05, 0.1) is 0 Å². The van der Waals surface area contributed by atoms with E-state index in [1.54, 1.807) is 0 Å². The fourth-order valence-corrected chi connectivity index (χ4v) is 0.787. The van der Waals surface area contributed by atoms with Crippen LogP contribution in [0.25, 0.3) is 0 Å². The minimum absolute atomic E-state index is 0.337. The summed E-state index contributed by atoms with van der Waals surface area (Å²) in [4.78, 5) is 3.88. The molecular weight excluding hydrogens is 154 g/mol. The largest absolute Gasteiger partial charge is 0.368 e. The average Bonchev–Trinajstić information content (AvgIpc) is 2.45. The second kappa shape index (κ2) is 4.38. The lowest BCUT2D eigenvalue weighted by molar-refractivity contribution is 1.01. The van der Waals surface area contributed by atoms with Crippen LogP contribution in [0.2, 0.25) is 0 Å².